The molecule has 4 aromatic rings. The van der Waals surface area contributed by atoms with Gasteiger partial charge in [-0.15, -0.1) is 0 Å². The molecule has 4 aromatic carbocycles. The molecule has 13 heteroatoms. The predicted octanol–water partition coefficient (Wildman–Crippen LogP) is 7.19. The summed E-state index contributed by atoms with van der Waals surface area (Å²) in [5.41, 5.74) is 5.29. The van der Waals surface area contributed by atoms with Crippen LogP contribution in [-0.4, -0.2) is 123 Å². The van der Waals surface area contributed by atoms with Gasteiger partial charge < -0.3 is 30.6 Å². The number of benzene rings is 4. The van der Waals surface area contributed by atoms with Gasteiger partial charge in [0, 0.05) is 97.6 Å². The first-order valence-electron chi connectivity index (χ1n) is 23.1. The summed E-state index contributed by atoms with van der Waals surface area (Å²) in [4.78, 5) is 13.8. The fourth-order valence-electron chi connectivity index (χ4n) is 9.63. The molecule has 4 fully saturated rings. The number of nitrogens with zero attached hydrogens (tertiary/aromatic N) is 2. The second-order valence-electron chi connectivity index (χ2n) is 17.7. The molecule has 2 aliphatic carbocycles. The summed E-state index contributed by atoms with van der Waals surface area (Å²) in [5, 5.41) is 42.7. The fourth-order valence-corrected chi connectivity index (χ4v) is 10.5. The molecule has 2 saturated carbocycles. The number of alkyl halides is 1. The van der Waals surface area contributed by atoms with Crippen molar-refractivity contribution in [3.05, 3.63) is 141 Å². The molecule has 2 saturated heterocycles. The molecule has 4 atom stereocenters. The molecule has 0 spiro atoms. The van der Waals surface area contributed by atoms with E-state index >= 15 is 0 Å². The number of nitrogens with one attached hydrogen (secondary N) is 1. The average molecular weight is 1060 g/mol. The van der Waals surface area contributed by atoms with E-state index in [1.807, 2.05) is 36.4 Å². The van der Waals surface area contributed by atoms with Crippen molar-refractivity contribution in [2.24, 2.45) is 11.8 Å². The number of hydrogen-bond donors (Lipinski definition) is 3. The van der Waals surface area contributed by atoms with E-state index in [1.54, 1.807) is 6.07 Å². The molecule has 349 valence electrons. The summed E-state index contributed by atoms with van der Waals surface area (Å²) in [6, 6.07) is 39.4. The fraction of sp³-hybridized carbons (Fsp3) is 0.509. The van der Waals surface area contributed by atoms with E-state index in [9.17, 15) is 10.2 Å². The van der Waals surface area contributed by atoms with Crippen molar-refractivity contribution in [3.63, 3.8) is 0 Å². The quantitative estimate of drug-likeness (QED) is 0.0399. The molecule has 66 heavy (non-hydrogen) atoms. The van der Waals surface area contributed by atoms with E-state index in [-0.39, 0.29) is 132 Å². The number of aliphatic hydroxyl groups excluding tert-OH is 2. The Hall–Kier alpha value is -0.0273. The molecule has 3 N–H and O–H groups in total. The van der Waals surface area contributed by atoms with Crippen molar-refractivity contribution in [1.29, 1.82) is 5.26 Å². The van der Waals surface area contributed by atoms with E-state index in [1.165, 1.54) is 100 Å². The van der Waals surface area contributed by atoms with E-state index in [0.717, 1.165) is 73.6 Å². The minimum atomic E-state index is -0.299. The maximum absolute atomic E-state index is 11.2. The van der Waals surface area contributed by atoms with Crippen LogP contribution in [0.4, 0.5) is 0 Å². The van der Waals surface area contributed by atoms with Gasteiger partial charge in [0.15, 0.2) is 0 Å². The molecule has 8 rings (SSSR count). The van der Waals surface area contributed by atoms with Crippen molar-refractivity contribution in [1.82, 2.24) is 10.2 Å². The van der Waals surface area contributed by atoms with Crippen molar-refractivity contribution in [3.8, 4) is 6.07 Å². The molecule has 0 unspecified atom stereocenters. The zero-order valence-corrected chi connectivity index (χ0v) is 48.9. The summed E-state index contributed by atoms with van der Waals surface area (Å²) in [6.07, 6.45) is 16.5. The first kappa shape index (κ1) is 62.1. The Bertz CT molecular complexity index is 1900. The number of hydrogen-bond acceptors (Lipinski definition) is 8. The molecule has 8 nitrogen and oxygen atoms in total. The van der Waals surface area contributed by atoms with Crippen molar-refractivity contribution >= 4 is 97.0 Å². The summed E-state index contributed by atoms with van der Waals surface area (Å²) in [7, 11) is 0. The molecule has 2 heterocycles. The minimum absolute atomic E-state index is 0. The smallest absolute Gasteiger partial charge is 0.662 e. The van der Waals surface area contributed by atoms with Gasteiger partial charge in [-0.3, -0.25) is 4.79 Å². The molecule has 0 amide bonds. The number of likely N-dealkylation sites (tertiary alicyclic amines) is 1. The molecular weight excluding hydrogens is 988 g/mol. The van der Waals surface area contributed by atoms with Crippen LogP contribution in [0.1, 0.15) is 106 Å². The van der Waals surface area contributed by atoms with Gasteiger partial charge in [0.2, 0.25) is 0 Å². The third kappa shape index (κ3) is 20.6. The largest absolute Gasteiger partial charge is 1.00 e. The third-order valence-electron chi connectivity index (χ3n) is 13.6. The van der Waals surface area contributed by atoms with Crippen LogP contribution in [0.5, 0.6) is 0 Å². The SMILES string of the molecule is CC#N.O=CO[O-].O[C@H](CBr)C1(c2ccc(Cl)cc2)CCC1.O[C@H](CN1CCC[C@@H](CCc2ccccc2)C1)C1(c2ccc(Cl)cc2)CCC1.[K+].[K].c1ccc(CC[C@@H]2CCCNC2)cc1. The molecule has 0 bridgehead atoms. The number of rotatable bonds is 14. The topological polar surface area (TPSA) is 129 Å². The summed E-state index contributed by atoms with van der Waals surface area (Å²) in [5.74, 6) is 1.65. The molecule has 0 aromatic heterocycles. The first-order valence-corrected chi connectivity index (χ1v) is 25.0. The Kier molecular flexibility index (Phi) is 33.1. The number of halogens is 3. The molecule has 4 aliphatic rings. The standard InChI is InChI=1S/C25H32ClNO.C13H19N.C12H14BrClO.C2H3N.CH2O3.2K/c26-23-13-11-22(12-14-23)25(15-5-16-25)24(28)19-27-17-4-8-21(18-27)10-9-20-6-2-1-3-7-20;1-2-5-12(6-3-1)8-9-13-7-4-10-14-11-13;13-8-11(15)12(6-1-7-12)9-2-4-10(14)5-3-9;1-2-3;2-1-4-3;;/h1-3,6-7,11-14,21,24,28H,4-5,8-10,15-19H2;1-3,5-6,13-14H,4,7-11H2;2-5,11,15H,1,6-8H2;1H3;1,3H;;/q;;;;;;+1/p-1/t21-,24+;13-;11-;;;;/m001..../s1. The summed E-state index contributed by atoms with van der Waals surface area (Å²) < 4.78 is 0. The van der Waals surface area contributed by atoms with Crippen LogP contribution in [0.3, 0.4) is 0 Å². The predicted molar refractivity (Wildman–Crippen MR) is 268 cm³/mol. The zero-order chi connectivity index (χ0) is 46.0. The van der Waals surface area contributed by atoms with E-state index in [4.69, 9.17) is 38.5 Å². The number of aliphatic hydroxyl groups is 2. The Morgan fingerprint density at radius 1 is 0.788 bits per heavy atom. The minimum Gasteiger partial charge on any atom is -0.662 e. The van der Waals surface area contributed by atoms with Gasteiger partial charge in [0.25, 0.3) is 6.47 Å². The third-order valence-corrected chi connectivity index (χ3v) is 14.7. The van der Waals surface area contributed by atoms with Crippen molar-refractivity contribution in [2.45, 2.75) is 120 Å². The normalized spacial score (nSPS) is 19.7. The monoisotopic (exact) mass is 1050 g/mol. The van der Waals surface area contributed by atoms with Crippen LogP contribution in [0.2, 0.25) is 10.0 Å². The second kappa shape index (κ2) is 35.2. The first-order chi connectivity index (χ1) is 31.1. The maximum atomic E-state index is 11.2. The second-order valence-corrected chi connectivity index (χ2v) is 19.2. The summed E-state index contributed by atoms with van der Waals surface area (Å²) in [6.45, 7) is 6.75. The van der Waals surface area contributed by atoms with Gasteiger partial charge in [-0.2, -0.15) is 5.26 Å². The van der Waals surface area contributed by atoms with Crippen molar-refractivity contribution < 1.29 is 76.5 Å². The van der Waals surface area contributed by atoms with Crippen LogP contribution in [-0.2, 0) is 33.4 Å². The Labute approximate surface area is 499 Å². The van der Waals surface area contributed by atoms with E-state index < -0.39 is 0 Å². The van der Waals surface area contributed by atoms with Gasteiger partial charge in [-0.1, -0.05) is 137 Å². The number of aryl methyl sites for hydroxylation is 2. The number of piperidine rings is 2. The van der Waals surface area contributed by atoms with Crippen molar-refractivity contribution in [2.75, 3.05) is 38.1 Å². The van der Waals surface area contributed by atoms with Gasteiger partial charge in [-0.25, -0.2) is 0 Å². The van der Waals surface area contributed by atoms with Crippen LogP contribution >= 0.6 is 39.1 Å². The number of nitriles is 1. The Morgan fingerprint density at radius 3 is 1.62 bits per heavy atom. The van der Waals surface area contributed by atoms with Gasteiger partial charge in [-0.05, 0) is 155 Å². The van der Waals surface area contributed by atoms with Crippen LogP contribution < -0.4 is 62.0 Å². The molecule has 1 radical (unpaired) electrons. The number of carbonyl (C=O) groups excluding carboxylic acids is 1. The maximum Gasteiger partial charge on any atom is 1.00 e. The summed E-state index contributed by atoms with van der Waals surface area (Å²) >= 11 is 15.3. The number of carbonyl (C=O) groups is 1. The Morgan fingerprint density at radius 2 is 1.23 bits per heavy atom. The van der Waals surface area contributed by atoms with Gasteiger partial charge in [0.05, 0.1) is 18.3 Å². The molecule has 2 aliphatic heterocycles. The average Bonchev–Trinajstić information content (AvgIpc) is 3.30. The van der Waals surface area contributed by atoms with Crippen LogP contribution in [0.15, 0.2) is 109 Å². The van der Waals surface area contributed by atoms with E-state index in [2.05, 4.69) is 104 Å². The molecular formula is C53H69BrCl2K2N3O5. The van der Waals surface area contributed by atoms with Gasteiger partial charge >= 0.3 is 51.4 Å². The van der Waals surface area contributed by atoms with Crippen LogP contribution in [0.25, 0.3) is 0 Å². The zero-order valence-electron chi connectivity index (χ0n) is 39.6. The van der Waals surface area contributed by atoms with Gasteiger partial charge in [0.1, 0.15) is 0 Å². The van der Waals surface area contributed by atoms with Crippen LogP contribution in [0, 0.1) is 23.2 Å². The van der Waals surface area contributed by atoms with E-state index in [0.29, 0.717) is 5.33 Å². The number of β-amino-alcohol motifs (C(OH)–C–C–N with tert-alkyl or cyclic N) is 1. The Balaban J connectivity index is 0.000000335.